The van der Waals surface area contributed by atoms with Crippen LogP contribution in [0.4, 0.5) is 5.82 Å². The molecule has 5 heteroatoms. The van der Waals surface area contributed by atoms with Gasteiger partial charge in [-0.05, 0) is 21.3 Å². The van der Waals surface area contributed by atoms with E-state index in [1.54, 1.807) is 6.20 Å². The summed E-state index contributed by atoms with van der Waals surface area (Å²) in [5.41, 5.74) is 0.0894. The van der Waals surface area contributed by atoms with Crippen molar-refractivity contribution < 1.29 is 0 Å². The molecule has 0 aliphatic rings. The Balaban J connectivity index is 2.80. The second kappa shape index (κ2) is 5.12. The Kier molecular flexibility index (Phi) is 4.34. The van der Waals surface area contributed by atoms with E-state index in [1.165, 1.54) is 6.33 Å². The summed E-state index contributed by atoms with van der Waals surface area (Å²) in [6, 6.07) is 0.172. The van der Waals surface area contributed by atoms with Crippen LogP contribution in [0.15, 0.2) is 17.0 Å². The summed E-state index contributed by atoms with van der Waals surface area (Å²) in [7, 11) is 0. The van der Waals surface area contributed by atoms with E-state index in [-0.39, 0.29) is 11.5 Å². The van der Waals surface area contributed by atoms with Crippen LogP contribution < -0.4 is 5.32 Å². The molecule has 0 fully saturated rings. The summed E-state index contributed by atoms with van der Waals surface area (Å²) in [6.07, 6.45) is 3.23. The lowest BCUT2D eigenvalue weighted by Crippen LogP contribution is -2.36. The van der Waals surface area contributed by atoms with Crippen LogP contribution in [0.25, 0.3) is 0 Å². The molecule has 1 atom stereocenters. The van der Waals surface area contributed by atoms with E-state index < -0.39 is 0 Å². The van der Waals surface area contributed by atoms with Gasteiger partial charge >= 0.3 is 0 Å². The number of rotatable bonds is 3. The van der Waals surface area contributed by atoms with E-state index in [2.05, 4.69) is 52.0 Å². The molecular weight excluding hydrogens is 277 g/mol. The predicted molar refractivity (Wildman–Crippen MR) is 67.3 cm³/mol. The Labute approximate surface area is 104 Å². The van der Waals surface area contributed by atoms with Gasteiger partial charge in [0.1, 0.15) is 12.1 Å². The fraction of sp³-hybridized carbons (Fsp3) is 0.600. The Morgan fingerprint density at radius 3 is 2.67 bits per heavy atom. The Hall–Kier alpha value is -0.350. The quantitative estimate of drug-likeness (QED) is 0.869. The molecule has 1 unspecified atom stereocenters. The number of aromatic nitrogens is 2. The molecular formula is C10H15BrClN3. The zero-order valence-electron chi connectivity index (χ0n) is 9.09. The van der Waals surface area contributed by atoms with Gasteiger partial charge in [-0.25, -0.2) is 9.97 Å². The number of alkyl halides is 1. The molecule has 1 aromatic heterocycles. The van der Waals surface area contributed by atoms with Crippen LogP contribution in [0, 0.1) is 5.41 Å². The highest BCUT2D eigenvalue weighted by Crippen LogP contribution is 2.26. The highest BCUT2D eigenvalue weighted by Gasteiger charge is 2.24. The molecule has 1 rings (SSSR count). The summed E-state index contributed by atoms with van der Waals surface area (Å²) < 4.78 is 0.851. The molecule has 0 aliphatic carbocycles. The van der Waals surface area contributed by atoms with Crippen LogP contribution in [0.2, 0.25) is 0 Å². The van der Waals surface area contributed by atoms with E-state index in [0.29, 0.717) is 5.88 Å². The number of halogens is 2. The lowest BCUT2D eigenvalue weighted by molar-refractivity contribution is 0.361. The number of hydrogen-bond acceptors (Lipinski definition) is 3. The number of hydrogen-bond donors (Lipinski definition) is 1. The van der Waals surface area contributed by atoms with Gasteiger partial charge in [0.2, 0.25) is 0 Å². The van der Waals surface area contributed by atoms with Gasteiger partial charge in [-0.15, -0.1) is 11.6 Å². The van der Waals surface area contributed by atoms with E-state index in [0.717, 1.165) is 10.3 Å². The molecule has 0 aromatic carbocycles. The fourth-order valence-corrected chi connectivity index (χ4v) is 1.95. The van der Waals surface area contributed by atoms with Gasteiger partial charge in [-0.1, -0.05) is 20.8 Å². The summed E-state index contributed by atoms with van der Waals surface area (Å²) in [4.78, 5) is 8.06. The van der Waals surface area contributed by atoms with Gasteiger partial charge in [0.25, 0.3) is 0 Å². The summed E-state index contributed by atoms with van der Waals surface area (Å²) in [5.74, 6) is 1.32. The number of nitrogens with one attached hydrogen (secondary N) is 1. The zero-order chi connectivity index (χ0) is 11.5. The maximum Gasteiger partial charge on any atom is 0.144 e. The van der Waals surface area contributed by atoms with E-state index >= 15 is 0 Å². The third-order valence-corrected chi connectivity index (χ3v) is 3.07. The van der Waals surface area contributed by atoms with Crippen molar-refractivity contribution in [3.05, 3.63) is 17.0 Å². The number of anilines is 1. The average molecular weight is 293 g/mol. The van der Waals surface area contributed by atoms with Crippen LogP contribution in [0.3, 0.4) is 0 Å². The molecule has 1 N–H and O–H groups in total. The van der Waals surface area contributed by atoms with Crippen LogP contribution in [0.5, 0.6) is 0 Å². The van der Waals surface area contributed by atoms with Gasteiger partial charge < -0.3 is 5.32 Å². The maximum absolute atomic E-state index is 5.93. The molecule has 1 heterocycles. The number of nitrogens with zero attached hydrogens (tertiary/aromatic N) is 2. The van der Waals surface area contributed by atoms with Gasteiger partial charge in [0.05, 0.1) is 4.47 Å². The SMILES string of the molecule is CC(C)(C)C(CCl)Nc1ncncc1Br. The average Bonchev–Trinajstić information content (AvgIpc) is 2.14. The molecule has 1 aromatic rings. The molecule has 0 amide bonds. The minimum Gasteiger partial charge on any atom is -0.365 e. The smallest absolute Gasteiger partial charge is 0.144 e. The third-order valence-electron chi connectivity index (χ3n) is 2.18. The standard InChI is InChI=1S/C10H15BrClN3/c1-10(2,3)8(4-12)15-9-7(11)5-13-6-14-9/h5-6,8H,4H2,1-3H3,(H,13,14,15). The molecule has 0 spiro atoms. The topological polar surface area (TPSA) is 37.8 Å². The Morgan fingerprint density at radius 1 is 1.53 bits per heavy atom. The molecule has 84 valence electrons. The van der Waals surface area contributed by atoms with Crippen molar-refractivity contribution in [2.45, 2.75) is 26.8 Å². The first-order valence-corrected chi connectivity index (χ1v) is 6.06. The highest BCUT2D eigenvalue weighted by atomic mass is 79.9. The Morgan fingerprint density at radius 2 is 2.20 bits per heavy atom. The first kappa shape index (κ1) is 12.7. The van der Waals surface area contributed by atoms with Crippen molar-refractivity contribution in [3.63, 3.8) is 0 Å². The molecule has 15 heavy (non-hydrogen) atoms. The highest BCUT2D eigenvalue weighted by molar-refractivity contribution is 9.10. The fourth-order valence-electron chi connectivity index (χ4n) is 1.07. The lowest BCUT2D eigenvalue weighted by atomic mass is 9.88. The normalized spacial score (nSPS) is 13.7. The third kappa shape index (κ3) is 3.61. The summed E-state index contributed by atoms with van der Waals surface area (Å²) >= 11 is 9.32. The van der Waals surface area contributed by atoms with E-state index in [9.17, 15) is 0 Å². The molecule has 0 radical (unpaired) electrons. The summed E-state index contributed by atoms with van der Waals surface area (Å²) in [6.45, 7) is 6.42. The van der Waals surface area contributed by atoms with Gasteiger partial charge in [-0.3, -0.25) is 0 Å². The molecule has 0 saturated carbocycles. The van der Waals surface area contributed by atoms with Crippen LogP contribution in [-0.4, -0.2) is 21.9 Å². The van der Waals surface area contributed by atoms with E-state index in [1.807, 2.05) is 0 Å². The van der Waals surface area contributed by atoms with Crippen LogP contribution in [0.1, 0.15) is 20.8 Å². The van der Waals surface area contributed by atoms with E-state index in [4.69, 9.17) is 11.6 Å². The minimum atomic E-state index is 0.0894. The molecule has 3 nitrogen and oxygen atoms in total. The van der Waals surface area contributed by atoms with Crippen molar-refractivity contribution in [1.82, 2.24) is 9.97 Å². The first-order valence-electron chi connectivity index (χ1n) is 4.73. The van der Waals surface area contributed by atoms with Crippen molar-refractivity contribution in [3.8, 4) is 0 Å². The second-order valence-corrected chi connectivity index (χ2v) is 5.60. The second-order valence-electron chi connectivity index (χ2n) is 4.44. The maximum atomic E-state index is 5.93. The van der Waals surface area contributed by atoms with Crippen molar-refractivity contribution in [1.29, 1.82) is 0 Å². The van der Waals surface area contributed by atoms with Gasteiger partial charge in [-0.2, -0.15) is 0 Å². The first-order chi connectivity index (χ1) is 6.95. The lowest BCUT2D eigenvalue weighted by Gasteiger charge is -2.30. The summed E-state index contributed by atoms with van der Waals surface area (Å²) in [5, 5.41) is 3.31. The minimum absolute atomic E-state index is 0.0894. The largest absolute Gasteiger partial charge is 0.365 e. The van der Waals surface area contributed by atoms with Crippen molar-refractivity contribution in [2.75, 3.05) is 11.2 Å². The van der Waals surface area contributed by atoms with Crippen molar-refractivity contribution >= 4 is 33.3 Å². The molecule has 0 aliphatic heterocycles. The predicted octanol–water partition coefficient (Wildman–Crippen LogP) is 3.30. The van der Waals surface area contributed by atoms with Crippen LogP contribution in [-0.2, 0) is 0 Å². The van der Waals surface area contributed by atoms with Gasteiger partial charge in [0, 0.05) is 18.1 Å². The molecule has 0 saturated heterocycles. The molecule has 0 bridgehead atoms. The van der Waals surface area contributed by atoms with Crippen LogP contribution >= 0.6 is 27.5 Å². The Bertz CT molecular complexity index is 325. The monoisotopic (exact) mass is 291 g/mol. The zero-order valence-corrected chi connectivity index (χ0v) is 11.4. The van der Waals surface area contributed by atoms with Crippen molar-refractivity contribution in [2.24, 2.45) is 5.41 Å². The van der Waals surface area contributed by atoms with Gasteiger partial charge in [0.15, 0.2) is 0 Å².